The maximum Gasteiger partial charge on any atom is 0.413 e. The van der Waals surface area contributed by atoms with E-state index in [4.69, 9.17) is 14.2 Å². The molecule has 0 bridgehead atoms. The van der Waals surface area contributed by atoms with Gasteiger partial charge in [0.1, 0.15) is 12.4 Å². The molecular formula is C31H23BrN2O5. The van der Waals surface area contributed by atoms with Crippen molar-refractivity contribution < 1.29 is 19.0 Å². The molecule has 0 spiro atoms. The van der Waals surface area contributed by atoms with Crippen LogP contribution in [0, 0.1) is 0 Å². The van der Waals surface area contributed by atoms with Gasteiger partial charge in [0, 0.05) is 15.4 Å². The first-order valence-electron chi connectivity index (χ1n) is 12.3. The fraction of sp³-hybridized carbons (Fsp3) is 0.0968. The summed E-state index contributed by atoms with van der Waals surface area (Å²) < 4.78 is 18.9. The van der Waals surface area contributed by atoms with Crippen LogP contribution < -0.4 is 20.3 Å². The van der Waals surface area contributed by atoms with Gasteiger partial charge >= 0.3 is 6.09 Å². The van der Waals surface area contributed by atoms with Gasteiger partial charge in [-0.1, -0.05) is 82.7 Å². The molecule has 6 rings (SSSR count). The highest BCUT2D eigenvalue weighted by atomic mass is 79.9. The van der Waals surface area contributed by atoms with Crippen molar-refractivity contribution >= 4 is 38.6 Å². The van der Waals surface area contributed by atoms with Crippen LogP contribution in [0.15, 0.2) is 106 Å². The summed E-state index contributed by atoms with van der Waals surface area (Å²) in [7, 11) is 0. The summed E-state index contributed by atoms with van der Waals surface area (Å²) in [5.74, 6) is 1.61. The number of carbonyl (C=O) groups is 1. The van der Waals surface area contributed by atoms with Gasteiger partial charge in [-0.05, 0) is 52.4 Å². The smallest absolute Gasteiger partial charge is 0.413 e. The Labute approximate surface area is 232 Å². The third-order valence-corrected chi connectivity index (χ3v) is 7.00. The predicted octanol–water partition coefficient (Wildman–Crippen LogP) is 6.96. The molecule has 5 aromatic rings. The highest BCUT2D eigenvalue weighted by Gasteiger charge is 2.22. The Morgan fingerprint density at radius 1 is 0.846 bits per heavy atom. The minimum atomic E-state index is -0.663. The van der Waals surface area contributed by atoms with E-state index < -0.39 is 6.09 Å². The lowest BCUT2D eigenvalue weighted by Gasteiger charge is -2.21. The number of nitrogens with one attached hydrogen (secondary N) is 1. The number of carbonyl (C=O) groups excluding carboxylic acids is 1. The highest BCUT2D eigenvalue weighted by molar-refractivity contribution is 9.10. The second-order valence-corrected chi connectivity index (χ2v) is 9.96. The Balaban J connectivity index is 1.50. The zero-order valence-corrected chi connectivity index (χ0v) is 22.3. The van der Waals surface area contributed by atoms with Gasteiger partial charge in [0.05, 0.1) is 6.54 Å². The molecule has 0 unspecified atom stereocenters. The van der Waals surface area contributed by atoms with E-state index in [2.05, 4.69) is 21.2 Å². The molecule has 0 fully saturated rings. The van der Waals surface area contributed by atoms with Crippen LogP contribution in [-0.2, 0) is 17.9 Å². The summed E-state index contributed by atoms with van der Waals surface area (Å²) >= 11 is 3.54. The number of benzene rings is 4. The number of pyridine rings is 1. The molecule has 0 atom stereocenters. The molecule has 7 nitrogen and oxygen atoms in total. The highest BCUT2D eigenvalue weighted by Crippen LogP contribution is 2.37. The van der Waals surface area contributed by atoms with E-state index in [1.165, 1.54) is 0 Å². The third kappa shape index (κ3) is 5.11. The molecule has 1 aliphatic heterocycles. The van der Waals surface area contributed by atoms with Gasteiger partial charge < -0.3 is 14.2 Å². The number of aromatic nitrogens is 1. The monoisotopic (exact) mass is 582 g/mol. The van der Waals surface area contributed by atoms with Crippen LogP contribution in [0.1, 0.15) is 11.1 Å². The van der Waals surface area contributed by atoms with E-state index in [1.54, 1.807) is 10.6 Å². The Morgan fingerprint density at radius 2 is 1.59 bits per heavy atom. The molecule has 0 aliphatic carbocycles. The molecule has 8 heteroatoms. The first kappa shape index (κ1) is 24.8. The average molecular weight is 583 g/mol. The van der Waals surface area contributed by atoms with Gasteiger partial charge in [0.25, 0.3) is 5.56 Å². The van der Waals surface area contributed by atoms with E-state index in [0.29, 0.717) is 33.7 Å². The number of nitrogens with zero attached hydrogens (tertiary/aromatic N) is 1. The van der Waals surface area contributed by atoms with Crippen molar-refractivity contribution in [1.82, 2.24) is 4.57 Å². The van der Waals surface area contributed by atoms with Crippen LogP contribution in [0.2, 0.25) is 0 Å². The Bertz CT molecular complexity index is 1740. The van der Waals surface area contributed by atoms with Crippen molar-refractivity contribution in [2.24, 2.45) is 0 Å². The van der Waals surface area contributed by atoms with E-state index in [9.17, 15) is 9.59 Å². The van der Waals surface area contributed by atoms with Gasteiger partial charge in [-0.2, -0.15) is 0 Å². The normalized spacial score (nSPS) is 11.9. The zero-order chi connectivity index (χ0) is 26.8. The van der Waals surface area contributed by atoms with Gasteiger partial charge in [-0.15, -0.1) is 0 Å². The van der Waals surface area contributed by atoms with Crippen LogP contribution in [0.3, 0.4) is 0 Å². The molecule has 0 radical (unpaired) electrons. The van der Waals surface area contributed by atoms with Crippen molar-refractivity contribution in [3.63, 3.8) is 0 Å². The minimum Gasteiger partial charge on any atom is -0.454 e. The van der Waals surface area contributed by atoms with Gasteiger partial charge in [-0.25, -0.2) is 4.79 Å². The molecule has 0 saturated heterocycles. The maximum absolute atomic E-state index is 13.9. The van der Waals surface area contributed by atoms with Gasteiger partial charge in [0.15, 0.2) is 11.5 Å². The standard InChI is InChI=1S/C31H23BrN2O5/c32-23-12-13-24-25(16-23)28(22-9-5-2-6-10-22)29(33-31(36)37-18-20-7-3-1-4-8-20)34(30(24)35)17-21-11-14-26-27(15-21)39-19-38-26/h1-16H,17-19H2,(H,33,36). The Hall–Kier alpha value is -4.56. The van der Waals surface area contributed by atoms with E-state index in [1.807, 2.05) is 91.0 Å². The number of hydrogen-bond donors (Lipinski definition) is 1. The van der Waals surface area contributed by atoms with Crippen LogP contribution >= 0.6 is 15.9 Å². The molecule has 1 amide bonds. The van der Waals surface area contributed by atoms with E-state index in [0.717, 1.165) is 21.2 Å². The Morgan fingerprint density at radius 3 is 2.38 bits per heavy atom. The molecule has 39 heavy (non-hydrogen) atoms. The minimum absolute atomic E-state index is 0.0961. The topological polar surface area (TPSA) is 78.8 Å². The number of ether oxygens (including phenoxy) is 3. The quantitative estimate of drug-likeness (QED) is 0.234. The number of fused-ring (bicyclic) bond motifs is 2. The zero-order valence-electron chi connectivity index (χ0n) is 20.7. The van der Waals surface area contributed by atoms with Crippen LogP contribution in [-0.4, -0.2) is 17.5 Å². The lowest BCUT2D eigenvalue weighted by atomic mass is 9.99. The summed E-state index contributed by atoms with van der Waals surface area (Å²) in [6, 6.07) is 30.2. The maximum atomic E-state index is 13.9. The summed E-state index contributed by atoms with van der Waals surface area (Å²) in [5.41, 5.74) is 2.99. The van der Waals surface area contributed by atoms with Crippen molar-refractivity contribution in [3.8, 4) is 22.6 Å². The fourth-order valence-electron chi connectivity index (χ4n) is 4.67. The third-order valence-electron chi connectivity index (χ3n) is 6.51. The number of amides is 1. The molecule has 0 saturated carbocycles. The Kier molecular flexibility index (Phi) is 6.77. The number of hydrogen-bond acceptors (Lipinski definition) is 5. The summed E-state index contributed by atoms with van der Waals surface area (Å²) in [4.78, 5) is 27.1. The average Bonchev–Trinajstić information content (AvgIpc) is 3.43. The van der Waals surface area contributed by atoms with Crippen molar-refractivity contribution in [2.45, 2.75) is 13.2 Å². The van der Waals surface area contributed by atoms with Crippen molar-refractivity contribution in [1.29, 1.82) is 0 Å². The number of halogens is 1. The van der Waals surface area contributed by atoms with E-state index >= 15 is 0 Å². The molecule has 1 aromatic heterocycles. The molecule has 194 valence electrons. The van der Waals surface area contributed by atoms with Gasteiger partial charge in [-0.3, -0.25) is 14.7 Å². The summed E-state index contributed by atoms with van der Waals surface area (Å²) in [6.07, 6.45) is -0.663. The largest absolute Gasteiger partial charge is 0.454 e. The molecule has 4 aromatic carbocycles. The molecular weight excluding hydrogens is 560 g/mol. The summed E-state index contributed by atoms with van der Waals surface area (Å²) in [6.45, 7) is 0.441. The number of anilines is 1. The molecule has 2 heterocycles. The first-order valence-corrected chi connectivity index (χ1v) is 13.1. The van der Waals surface area contributed by atoms with Crippen LogP contribution in [0.5, 0.6) is 11.5 Å². The second kappa shape index (κ2) is 10.7. The fourth-order valence-corrected chi connectivity index (χ4v) is 5.04. The predicted molar refractivity (Wildman–Crippen MR) is 153 cm³/mol. The lowest BCUT2D eigenvalue weighted by molar-refractivity contribution is 0.155. The van der Waals surface area contributed by atoms with Crippen LogP contribution in [0.4, 0.5) is 10.6 Å². The summed E-state index contributed by atoms with van der Waals surface area (Å²) in [5, 5.41) is 4.14. The van der Waals surface area contributed by atoms with Crippen molar-refractivity contribution in [3.05, 3.63) is 123 Å². The van der Waals surface area contributed by atoms with Gasteiger partial charge in [0.2, 0.25) is 6.79 Å². The molecule has 1 N–H and O–H groups in total. The van der Waals surface area contributed by atoms with Crippen LogP contribution in [0.25, 0.3) is 21.9 Å². The second-order valence-electron chi connectivity index (χ2n) is 9.05. The van der Waals surface area contributed by atoms with E-state index in [-0.39, 0.29) is 25.5 Å². The first-order chi connectivity index (χ1) is 19.1. The number of rotatable bonds is 6. The SMILES string of the molecule is O=C(Nc1c(-c2ccccc2)c2cc(Br)ccc2c(=O)n1Cc1ccc2c(c1)OCO2)OCc1ccccc1. The molecule has 1 aliphatic rings. The lowest BCUT2D eigenvalue weighted by Crippen LogP contribution is -2.27. The van der Waals surface area contributed by atoms with Crippen molar-refractivity contribution in [2.75, 3.05) is 12.1 Å².